The van der Waals surface area contributed by atoms with Crippen LogP contribution in [0.2, 0.25) is 0 Å². The maximum Gasteiger partial charge on any atom is 0.191 e. The molecule has 0 amide bonds. The molecule has 2 N–H and O–H groups in total. The molecule has 1 aliphatic heterocycles. The standard InChI is InChI=1S/C15H28N6.HI/c1-16-15(17-7-6-14-12-19-20(2)13-14)18-8-11-21-9-4-3-5-10-21;/h12-13H,3-11H2,1-2H3,(H2,16,17,18);1H. The third-order valence-corrected chi connectivity index (χ3v) is 3.86. The quantitative estimate of drug-likeness (QED) is 0.413. The first-order chi connectivity index (χ1) is 10.3. The normalized spacial score (nSPS) is 16.2. The van der Waals surface area contributed by atoms with Crippen molar-refractivity contribution in [3.63, 3.8) is 0 Å². The van der Waals surface area contributed by atoms with Crippen LogP contribution in [0.25, 0.3) is 0 Å². The minimum absolute atomic E-state index is 0. The largest absolute Gasteiger partial charge is 0.356 e. The molecule has 0 atom stereocenters. The number of nitrogens with one attached hydrogen (secondary N) is 2. The molecule has 0 aromatic carbocycles. The molecule has 1 aromatic heterocycles. The second kappa shape index (κ2) is 10.8. The van der Waals surface area contributed by atoms with Crippen LogP contribution in [0.15, 0.2) is 17.4 Å². The van der Waals surface area contributed by atoms with Crippen LogP contribution >= 0.6 is 24.0 Å². The number of aryl methyl sites for hydroxylation is 1. The van der Waals surface area contributed by atoms with E-state index in [1.165, 1.54) is 37.9 Å². The van der Waals surface area contributed by atoms with E-state index in [-0.39, 0.29) is 24.0 Å². The van der Waals surface area contributed by atoms with Crippen LogP contribution < -0.4 is 10.6 Å². The zero-order valence-corrected chi connectivity index (χ0v) is 16.0. The Morgan fingerprint density at radius 1 is 1.23 bits per heavy atom. The van der Waals surface area contributed by atoms with Crippen molar-refractivity contribution in [3.05, 3.63) is 18.0 Å². The summed E-state index contributed by atoms with van der Waals surface area (Å²) in [5, 5.41) is 10.9. The van der Waals surface area contributed by atoms with Crippen LogP contribution in [0, 0.1) is 0 Å². The first-order valence-electron chi connectivity index (χ1n) is 7.92. The summed E-state index contributed by atoms with van der Waals surface area (Å²) in [6.45, 7) is 5.41. The predicted molar refractivity (Wildman–Crippen MR) is 102 cm³/mol. The number of nitrogens with zero attached hydrogens (tertiary/aromatic N) is 4. The highest BCUT2D eigenvalue weighted by molar-refractivity contribution is 14.0. The molecule has 1 aromatic rings. The molecule has 6 nitrogen and oxygen atoms in total. The van der Waals surface area contributed by atoms with E-state index in [0.29, 0.717) is 0 Å². The SMILES string of the molecule is CN=C(NCCc1cnn(C)c1)NCCN1CCCCC1.I. The molecule has 0 bridgehead atoms. The van der Waals surface area contributed by atoms with Gasteiger partial charge >= 0.3 is 0 Å². The number of aliphatic imine (C=N–C) groups is 1. The summed E-state index contributed by atoms with van der Waals surface area (Å²) >= 11 is 0. The average molecular weight is 420 g/mol. The van der Waals surface area contributed by atoms with Crippen molar-refractivity contribution in [2.75, 3.05) is 39.8 Å². The Kier molecular flexibility index (Phi) is 9.45. The van der Waals surface area contributed by atoms with E-state index >= 15 is 0 Å². The van der Waals surface area contributed by atoms with Gasteiger partial charge in [0, 0.05) is 39.9 Å². The van der Waals surface area contributed by atoms with Gasteiger partial charge in [0.05, 0.1) is 6.20 Å². The fraction of sp³-hybridized carbons (Fsp3) is 0.733. The Morgan fingerprint density at radius 2 is 1.95 bits per heavy atom. The lowest BCUT2D eigenvalue weighted by atomic mass is 10.1. The smallest absolute Gasteiger partial charge is 0.191 e. The summed E-state index contributed by atoms with van der Waals surface area (Å²) in [6, 6.07) is 0. The first kappa shape index (κ1) is 19.2. The molecule has 0 aliphatic carbocycles. The van der Waals surface area contributed by atoms with E-state index in [9.17, 15) is 0 Å². The number of aromatic nitrogens is 2. The summed E-state index contributed by atoms with van der Waals surface area (Å²) in [4.78, 5) is 6.79. The minimum atomic E-state index is 0. The molecule has 126 valence electrons. The van der Waals surface area contributed by atoms with Crippen molar-refractivity contribution in [2.45, 2.75) is 25.7 Å². The van der Waals surface area contributed by atoms with Crippen molar-refractivity contribution < 1.29 is 0 Å². The number of halogens is 1. The fourth-order valence-corrected chi connectivity index (χ4v) is 2.66. The molecule has 22 heavy (non-hydrogen) atoms. The molecule has 0 spiro atoms. The molecule has 0 unspecified atom stereocenters. The summed E-state index contributed by atoms with van der Waals surface area (Å²) in [6.07, 6.45) is 9.00. The van der Waals surface area contributed by atoms with Gasteiger partial charge in [-0.25, -0.2) is 0 Å². The zero-order chi connectivity index (χ0) is 14.9. The van der Waals surface area contributed by atoms with Crippen LogP contribution in [0.1, 0.15) is 24.8 Å². The van der Waals surface area contributed by atoms with Crippen LogP contribution in [-0.2, 0) is 13.5 Å². The third-order valence-electron chi connectivity index (χ3n) is 3.86. The predicted octanol–water partition coefficient (Wildman–Crippen LogP) is 1.23. The van der Waals surface area contributed by atoms with E-state index in [1.807, 2.05) is 31.2 Å². The summed E-state index contributed by atoms with van der Waals surface area (Å²) in [7, 11) is 3.76. The van der Waals surface area contributed by atoms with Crippen LogP contribution in [0.5, 0.6) is 0 Å². The molecular weight excluding hydrogens is 391 g/mol. The fourth-order valence-electron chi connectivity index (χ4n) is 2.66. The maximum absolute atomic E-state index is 4.26. The molecule has 1 saturated heterocycles. The first-order valence-corrected chi connectivity index (χ1v) is 7.92. The Bertz CT molecular complexity index is 439. The summed E-state index contributed by atoms with van der Waals surface area (Å²) < 4.78 is 1.83. The lowest BCUT2D eigenvalue weighted by Crippen LogP contribution is -2.43. The molecule has 0 saturated carbocycles. The van der Waals surface area contributed by atoms with E-state index in [2.05, 4.69) is 25.6 Å². The number of likely N-dealkylation sites (tertiary alicyclic amines) is 1. The van der Waals surface area contributed by atoms with Crippen LogP contribution in [-0.4, -0.2) is 60.4 Å². The number of hydrogen-bond acceptors (Lipinski definition) is 3. The van der Waals surface area contributed by atoms with Crippen molar-refractivity contribution >= 4 is 29.9 Å². The van der Waals surface area contributed by atoms with Gasteiger partial charge in [0.15, 0.2) is 5.96 Å². The molecular formula is C15H29IN6. The van der Waals surface area contributed by atoms with Gasteiger partial charge in [0.1, 0.15) is 0 Å². The van der Waals surface area contributed by atoms with E-state index in [4.69, 9.17) is 0 Å². The topological polar surface area (TPSA) is 57.5 Å². The summed E-state index contributed by atoms with van der Waals surface area (Å²) in [5.41, 5.74) is 1.24. The lowest BCUT2D eigenvalue weighted by molar-refractivity contribution is 0.232. The van der Waals surface area contributed by atoms with Gasteiger partial charge in [-0.3, -0.25) is 9.67 Å². The Balaban J connectivity index is 0.00000242. The van der Waals surface area contributed by atoms with Crippen LogP contribution in [0.3, 0.4) is 0 Å². The highest BCUT2D eigenvalue weighted by Gasteiger charge is 2.09. The number of hydrogen-bond donors (Lipinski definition) is 2. The van der Waals surface area contributed by atoms with Crippen molar-refractivity contribution in [3.8, 4) is 0 Å². The van der Waals surface area contributed by atoms with Crippen LogP contribution in [0.4, 0.5) is 0 Å². The highest BCUT2D eigenvalue weighted by atomic mass is 127. The Labute approximate surface area is 150 Å². The van der Waals surface area contributed by atoms with Gasteiger partial charge in [-0.05, 0) is 37.9 Å². The van der Waals surface area contributed by atoms with Gasteiger partial charge in [-0.2, -0.15) is 5.10 Å². The van der Waals surface area contributed by atoms with Gasteiger partial charge in [0.25, 0.3) is 0 Å². The minimum Gasteiger partial charge on any atom is -0.356 e. The van der Waals surface area contributed by atoms with E-state index in [1.54, 1.807) is 0 Å². The molecule has 2 heterocycles. The van der Waals surface area contributed by atoms with E-state index < -0.39 is 0 Å². The third kappa shape index (κ3) is 6.95. The second-order valence-electron chi connectivity index (χ2n) is 5.60. The Morgan fingerprint density at radius 3 is 2.59 bits per heavy atom. The average Bonchev–Trinajstić information content (AvgIpc) is 2.92. The van der Waals surface area contributed by atoms with Gasteiger partial charge < -0.3 is 15.5 Å². The van der Waals surface area contributed by atoms with Crippen molar-refractivity contribution in [1.29, 1.82) is 0 Å². The second-order valence-corrected chi connectivity index (χ2v) is 5.60. The number of guanidine groups is 1. The number of piperidine rings is 1. The highest BCUT2D eigenvalue weighted by Crippen LogP contribution is 2.07. The summed E-state index contributed by atoms with van der Waals surface area (Å²) in [5.74, 6) is 0.885. The van der Waals surface area contributed by atoms with Gasteiger partial charge in [-0.15, -0.1) is 24.0 Å². The van der Waals surface area contributed by atoms with Gasteiger partial charge in [-0.1, -0.05) is 6.42 Å². The van der Waals surface area contributed by atoms with Gasteiger partial charge in [0.2, 0.25) is 0 Å². The molecule has 1 fully saturated rings. The van der Waals surface area contributed by atoms with Crippen molar-refractivity contribution in [2.24, 2.45) is 12.0 Å². The zero-order valence-electron chi connectivity index (χ0n) is 13.7. The lowest BCUT2D eigenvalue weighted by Gasteiger charge is -2.26. The van der Waals surface area contributed by atoms with Crippen molar-refractivity contribution in [1.82, 2.24) is 25.3 Å². The monoisotopic (exact) mass is 420 g/mol. The molecule has 1 aliphatic rings. The van der Waals surface area contributed by atoms with E-state index in [0.717, 1.165) is 32.0 Å². The Hall–Kier alpha value is -0.830. The number of rotatable bonds is 6. The molecule has 7 heteroatoms. The molecule has 2 rings (SSSR count). The molecule has 0 radical (unpaired) electrons. The maximum atomic E-state index is 4.26.